The Kier molecular flexibility index (Phi) is 8.57. The van der Waals surface area contributed by atoms with Crippen LogP contribution in [0.1, 0.15) is 56.0 Å². The second kappa shape index (κ2) is 10.9. The summed E-state index contributed by atoms with van der Waals surface area (Å²) in [5, 5.41) is 10.4. The average molecular weight is 443 g/mol. The van der Waals surface area contributed by atoms with E-state index in [0.29, 0.717) is 30.6 Å². The van der Waals surface area contributed by atoms with Gasteiger partial charge in [-0.15, -0.1) is 0 Å². The molecule has 8 nitrogen and oxygen atoms in total. The molecule has 1 aliphatic heterocycles. The maximum atomic E-state index is 13.4. The van der Waals surface area contributed by atoms with Gasteiger partial charge in [-0.2, -0.15) is 0 Å². The molecule has 0 bridgehead atoms. The fourth-order valence-corrected chi connectivity index (χ4v) is 3.89. The van der Waals surface area contributed by atoms with Crippen molar-refractivity contribution in [2.24, 2.45) is 17.1 Å². The third-order valence-corrected chi connectivity index (χ3v) is 6.04. The number of likely N-dealkylation sites (tertiary alicyclic amines) is 1. The number of rotatable bonds is 8. The van der Waals surface area contributed by atoms with Crippen LogP contribution in [0, 0.1) is 16.7 Å². The van der Waals surface area contributed by atoms with E-state index in [9.17, 15) is 14.4 Å². The number of hydrogen-bond acceptors (Lipinski definition) is 5. The predicted molar refractivity (Wildman–Crippen MR) is 123 cm³/mol. The molecule has 0 saturated carbocycles. The lowest BCUT2D eigenvalue weighted by molar-refractivity contribution is -0.144. The molecule has 1 heterocycles. The summed E-state index contributed by atoms with van der Waals surface area (Å²) in [6.07, 6.45) is 5.52. The van der Waals surface area contributed by atoms with Crippen molar-refractivity contribution < 1.29 is 19.1 Å². The first-order chi connectivity index (χ1) is 15.1. The van der Waals surface area contributed by atoms with E-state index in [1.165, 1.54) is 7.11 Å². The first-order valence-electron chi connectivity index (χ1n) is 10.8. The molecular formula is C24H34N4O4. The number of benzene rings is 1. The Bertz CT molecular complexity index is 868. The van der Waals surface area contributed by atoms with Crippen molar-refractivity contribution in [3.8, 4) is 0 Å². The highest BCUT2D eigenvalue weighted by molar-refractivity contribution is 5.98. The molecule has 1 aromatic rings. The van der Waals surface area contributed by atoms with Gasteiger partial charge in [0.25, 0.3) is 5.91 Å². The van der Waals surface area contributed by atoms with Crippen molar-refractivity contribution in [1.29, 1.82) is 5.41 Å². The van der Waals surface area contributed by atoms with Gasteiger partial charge < -0.3 is 20.7 Å². The molecule has 0 aliphatic carbocycles. The predicted octanol–water partition coefficient (Wildman–Crippen LogP) is 2.47. The maximum Gasteiger partial charge on any atom is 0.305 e. The first-order valence-corrected chi connectivity index (χ1v) is 10.8. The van der Waals surface area contributed by atoms with Crippen LogP contribution in [0.3, 0.4) is 0 Å². The number of methoxy groups -OCH3 is 1. The number of amidine groups is 1. The molecule has 0 aromatic heterocycles. The molecule has 1 aromatic carbocycles. The number of carbonyl (C=O) groups is 3. The molecule has 1 saturated heterocycles. The lowest BCUT2D eigenvalue weighted by Crippen LogP contribution is -2.54. The number of allylic oxidation sites excluding steroid dienone is 1. The fraction of sp³-hybridized carbons (Fsp3) is 0.500. The van der Waals surface area contributed by atoms with Gasteiger partial charge in [0.05, 0.1) is 18.6 Å². The topological polar surface area (TPSA) is 126 Å². The third kappa shape index (κ3) is 6.18. The minimum Gasteiger partial charge on any atom is -0.469 e. The van der Waals surface area contributed by atoms with Crippen molar-refractivity contribution in [3.05, 3.63) is 47.5 Å². The Hall–Kier alpha value is -3.16. The van der Waals surface area contributed by atoms with E-state index < -0.39 is 11.5 Å². The van der Waals surface area contributed by atoms with E-state index in [1.54, 1.807) is 24.3 Å². The zero-order chi connectivity index (χ0) is 23.9. The lowest BCUT2D eigenvalue weighted by atomic mass is 9.81. The summed E-state index contributed by atoms with van der Waals surface area (Å²) in [6.45, 7) is 6.67. The van der Waals surface area contributed by atoms with E-state index in [4.69, 9.17) is 15.9 Å². The molecule has 1 aliphatic rings. The summed E-state index contributed by atoms with van der Waals surface area (Å²) in [5.41, 5.74) is 5.57. The van der Waals surface area contributed by atoms with Crippen molar-refractivity contribution in [1.82, 2.24) is 10.2 Å². The number of nitrogens with zero attached hydrogens (tertiary/aromatic N) is 1. The van der Waals surface area contributed by atoms with Gasteiger partial charge >= 0.3 is 5.97 Å². The van der Waals surface area contributed by atoms with Crippen molar-refractivity contribution >= 4 is 23.6 Å². The number of piperidine rings is 1. The molecule has 4 N–H and O–H groups in total. The summed E-state index contributed by atoms with van der Waals surface area (Å²) in [4.78, 5) is 39.5. The number of nitrogens with one attached hydrogen (secondary N) is 2. The smallest absolute Gasteiger partial charge is 0.305 e. The minimum atomic E-state index is -0.864. The molecule has 1 fully saturated rings. The van der Waals surface area contributed by atoms with Crippen molar-refractivity contribution in [2.75, 3.05) is 20.2 Å². The van der Waals surface area contributed by atoms with Gasteiger partial charge in [-0.3, -0.25) is 19.8 Å². The highest BCUT2D eigenvalue weighted by Crippen LogP contribution is 2.29. The molecule has 2 rings (SSSR count). The number of amides is 2. The Balaban J connectivity index is 2.07. The molecule has 1 atom stereocenters. The second-order valence-corrected chi connectivity index (χ2v) is 8.71. The van der Waals surface area contributed by atoms with Crippen LogP contribution in [0.15, 0.2) is 36.4 Å². The average Bonchev–Trinajstić information content (AvgIpc) is 2.78. The van der Waals surface area contributed by atoms with E-state index >= 15 is 0 Å². The largest absolute Gasteiger partial charge is 0.469 e. The van der Waals surface area contributed by atoms with E-state index in [0.717, 1.165) is 12.8 Å². The van der Waals surface area contributed by atoms with E-state index in [2.05, 4.69) is 5.32 Å². The maximum absolute atomic E-state index is 13.4. The summed E-state index contributed by atoms with van der Waals surface area (Å²) in [7, 11) is 1.39. The fourth-order valence-electron chi connectivity index (χ4n) is 3.89. The zero-order valence-electron chi connectivity index (χ0n) is 19.3. The van der Waals surface area contributed by atoms with Gasteiger partial charge in [-0.05, 0) is 51.7 Å². The van der Waals surface area contributed by atoms with Gasteiger partial charge in [-0.1, -0.05) is 24.3 Å². The molecular weight excluding hydrogens is 408 g/mol. The van der Waals surface area contributed by atoms with Crippen LogP contribution < -0.4 is 11.1 Å². The van der Waals surface area contributed by atoms with E-state index in [-0.39, 0.29) is 29.5 Å². The highest BCUT2D eigenvalue weighted by atomic mass is 16.5. The molecule has 8 heteroatoms. The van der Waals surface area contributed by atoms with Crippen LogP contribution in [0.25, 0.3) is 0 Å². The SMILES string of the molecule is C/C=C/C(NC(=O)c1ccc(C(=N)N)cc1)C(C)(C)C(=O)N1CCC(CC(=O)OC)CC1. The zero-order valence-corrected chi connectivity index (χ0v) is 19.3. The summed E-state index contributed by atoms with van der Waals surface area (Å²) >= 11 is 0. The van der Waals surface area contributed by atoms with Gasteiger partial charge in [0.2, 0.25) is 5.91 Å². The Morgan fingerprint density at radius 1 is 1.22 bits per heavy atom. The summed E-state index contributed by atoms with van der Waals surface area (Å²) < 4.78 is 4.75. The quantitative estimate of drug-likeness (QED) is 0.247. The van der Waals surface area contributed by atoms with Crippen molar-refractivity contribution in [2.45, 2.75) is 46.1 Å². The van der Waals surface area contributed by atoms with Crippen LogP contribution in [-0.4, -0.2) is 54.8 Å². The number of nitrogen functional groups attached to an aromatic ring is 1. The van der Waals surface area contributed by atoms with Crippen LogP contribution in [0.5, 0.6) is 0 Å². The molecule has 1 unspecified atom stereocenters. The molecule has 2 amide bonds. The number of esters is 1. The van der Waals surface area contributed by atoms with Gasteiger partial charge in [0.15, 0.2) is 0 Å². The first kappa shape index (κ1) is 25.1. The lowest BCUT2D eigenvalue weighted by Gasteiger charge is -2.39. The molecule has 174 valence electrons. The monoisotopic (exact) mass is 442 g/mol. The standard InChI is InChI=1S/C24H34N4O4/c1-5-6-19(27-22(30)18-9-7-17(8-10-18)21(25)26)24(2,3)23(31)28-13-11-16(12-14-28)15-20(29)32-4/h5-10,16,19H,11-15H2,1-4H3,(H3,25,26)(H,27,30)/b6-5+. The van der Waals surface area contributed by atoms with Crippen LogP contribution in [-0.2, 0) is 14.3 Å². The van der Waals surface area contributed by atoms with Gasteiger partial charge in [0, 0.05) is 30.6 Å². The second-order valence-electron chi connectivity index (χ2n) is 8.71. The van der Waals surface area contributed by atoms with Crippen molar-refractivity contribution in [3.63, 3.8) is 0 Å². The number of ether oxygens (including phenoxy) is 1. The number of carbonyl (C=O) groups excluding carboxylic acids is 3. The summed E-state index contributed by atoms with van der Waals surface area (Å²) in [6, 6.07) is 5.96. The molecule has 32 heavy (non-hydrogen) atoms. The Morgan fingerprint density at radius 3 is 2.28 bits per heavy atom. The summed E-state index contributed by atoms with van der Waals surface area (Å²) in [5.74, 6) is -0.406. The van der Waals surface area contributed by atoms with Crippen LogP contribution in [0.2, 0.25) is 0 Å². The van der Waals surface area contributed by atoms with Crippen LogP contribution >= 0.6 is 0 Å². The Labute approximate surface area is 189 Å². The third-order valence-electron chi connectivity index (χ3n) is 6.04. The van der Waals surface area contributed by atoms with Crippen LogP contribution in [0.4, 0.5) is 0 Å². The highest BCUT2D eigenvalue weighted by Gasteiger charge is 2.40. The minimum absolute atomic E-state index is 0.0376. The molecule has 0 radical (unpaired) electrons. The van der Waals surface area contributed by atoms with Gasteiger partial charge in [-0.25, -0.2) is 0 Å². The number of nitrogens with two attached hydrogens (primary N) is 1. The number of hydrogen-bond donors (Lipinski definition) is 3. The Morgan fingerprint density at radius 2 is 1.78 bits per heavy atom. The van der Waals surface area contributed by atoms with E-state index in [1.807, 2.05) is 37.8 Å². The van der Waals surface area contributed by atoms with Gasteiger partial charge in [0.1, 0.15) is 5.84 Å². The normalized spacial score (nSPS) is 15.9. The molecule has 0 spiro atoms.